The van der Waals surface area contributed by atoms with Crippen LogP contribution in [0.2, 0.25) is 0 Å². The average molecular weight is 879 g/mol. The van der Waals surface area contributed by atoms with E-state index in [2.05, 4.69) is 254 Å². The molecule has 3 heterocycles. The SMILES string of the molecule is CC(C)(C)c1cc(Oc2cc(C(C)(C)C)c3c4ccccc4n(-c4cc(C(C)(C)C)ccn4)c3c2)cc(N2CN(c3cc(C(C)(C)C)cc(C(C)(C)C)c3)C=C2C(C)(C)c2ccccc2)c1. The quantitative estimate of drug-likeness (QED) is 0.160. The van der Waals surface area contributed by atoms with Crippen molar-refractivity contribution in [3.8, 4) is 17.3 Å². The van der Waals surface area contributed by atoms with Gasteiger partial charge in [-0.1, -0.05) is 172 Å². The van der Waals surface area contributed by atoms with Crippen LogP contribution in [0.3, 0.4) is 0 Å². The maximum atomic E-state index is 7.25. The molecule has 0 N–H and O–H groups in total. The van der Waals surface area contributed by atoms with E-state index in [1.807, 2.05) is 6.20 Å². The van der Waals surface area contributed by atoms with E-state index in [9.17, 15) is 0 Å². The van der Waals surface area contributed by atoms with Crippen LogP contribution >= 0.6 is 0 Å². The van der Waals surface area contributed by atoms with Gasteiger partial charge in [0.05, 0.1) is 17.7 Å². The Morgan fingerprint density at radius 2 is 1.03 bits per heavy atom. The first-order chi connectivity index (χ1) is 30.6. The van der Waals surface area contributed by atoms with E-state index in [-0.39, 0.29) is 32.5 Å². The second kappa shape index (κ2) is 16.2. The van der Waals surface area contributed by atoms with Gasteiger partial charge in [0, 0.05) is 57.8 Å². The zero-order valence-electron chi connectivity index (χ0n) is 43.0. The molecule has 5 heteroatoms. The number of fused-ring (bicyclic) bond motifs is 3. The van der Waals surface area contributed by atoms with Gasteiger partial charge in [0.15, 0.2) is 0 Å². The first-order valence-corrected chi connectivity index (χ1v) is 24.0. The average Bonchev–Trinajstić information content (AvgIpc) is 3.83. The summed E-state index contributed by atoms with van der Waals surface area (Å²) < 4.78 is 9.59. The number of anilines is 2. The zero-order chi connectivity index (χ0) is 47.9. The molecule has 7 aromatic rings. The predicted molar refractivity (Wildman–Crippen MR) is 282 cm³/mol. The summed E-state index contributed by atoms with van der Waals surface area (Å²) in [5.41, 5.74) is 12.7. The molecule has 0 saturated heterocycles. The number of nitrogens with zero attached hydrogens (tertiary/aromatic N) is 4. The van der Waals surface area contributed by atoms with Crippen molar-refractivity contribution < 1.29 is 4.74 Å². The maximum Gasteiger partial charge on any atom is 0.137 e. The molecule has 0 radical (unpaired) electrons. The highest BCUT2D eigenvalue weighted by Gasteiger charge is 2.37. The molecule has 344 valence electrons. The van der Waals surface area contributed by atoms with Crippen molar-refractivity contribution in [2.75, 3.05) is 16.5 Å². The monoisotopic (exact) mass is 879 g/mol. The summed E-state index contributed by atoms with van der Waals surface area (Å²) in [4.78, 5) is 9.99. The van der Waals surface area contributed by atoms with Crippen LogP contribution in [-0.4, -0.2) is 16.2 Å². The van der Waals surface area contributed by atoms with Gasteiger partial charge < -0.3 is 14.5 Å². The number of para-hydroxylation sites is 1. The molecular formula is C61H74N4O. The fourth-order valence-electron chi connectivity index (χ4n) is 9.35. The van der Waals surface area contributed by atoms with Gasteiger partial charge in [0.2, 0.25) is 0 Å². The van der Waals surface area contributed by atoms with Gasteiger partial charge in [-0.3, -0.25) is 4.57 Å². The van der Waals surface area contributed by atoms with E-state index >= 15 is 0 Å². The lowest BCUT2D eigenvalue weighted by Crippen LogP contribution is -2.34. The Balaban J connectivity index is 1.31. The summed E-state index contributed by atoms with van der Waals surface area (Å²) in [6.45, 7) is 39.9. The van der Waals surface area contributed by atoms with Crippen LogP contribution in [0.25, 0.3) is 27.6 Å². The summed E-state index contributed by atoms with van der Waals surface area (Å²) in [6, 6.07) is 42.7. The van der Waals surface area contributed by atoms with Gasteiger partial charge in [-0.05, 0) is 109 Å². The van der Waals surface area contributed by atoms with Crippen LogP contribution in [0.5, 0.6) is 11.5 Å². The Kier molecular flexibility index (Phi) is 11.5. The van der Waals surface area contributed by atoms with Crippen LogP contribution in [0.1, 0.15) is 151 Å². The van der Waals surface area contributed by atoms with Crippen molar-refractivity contribution in [1.82, 2.24) is 9.55 Å². The Morgan fingerprint density at radius 3 is 1.64 bits per heavy atom. The van der Waals surface area contributed by atoms with Crippen molar-refractivity contribution in [3.63, 3.8) is 0 Å². The van der Waals surface area contributed by atoms with Crippen LogP contribution in [0.15, 0.2) is 133 Å². The minimum Gasteiger partial charge on any atom is -0.457 e. The number of pyridine rings is 1. The minimum atomic E-state index is -0.318. The van der Waals surface area contributed by atoms with Gasteiger partial charge in [-0.15, -0.1) is 0 Å². The van der Waals surface area contributed by atoms with Crippen molar-refractivity contribution in [2.24, 2.45) is 0 Å². The highest BCUT2D eigenvalue weighted by Crippen LogP contribution is 2.46. The molecule has 0 spiro atoms. The first-order valence-electron chi connectivity index (χ1n) is 24.0. The number of benzene rings is 5. The summed E-state index contributed by atoms with van der Waals surface area (Å²) in [6.07, 6.45) is 4.35. The Bertz CT molecular complexity index is 2930. The fourth-order valence-corrected chi connectivity index (χ4v) is 9.35. The second-order valence-electron chi connectivity index (χ2n) is 24.5. The van der Waals surface area contributed by atoms with Gasteiger partial charge in [-0.2, -0.15) is 0 Å². The zero-order valence-corrected chi connectivity index (χ0v) is 43.0. The Hall–Kier alpha value is -5.81. The van der Waals surface area contributed by atoms with Gasteiger partial charge in [0.1, 0.15) is 17.3 Å². The number of ether oxygens (including phenoxy) is 1. The molecular weight excluding hydrogens is 805 g/mol. The highest BCUT2D eigenvalue weighted by molar-refractivity contribution is 6.11. The number of aromatic nitrogens is 2. The van der Waals surface area contributed by atoms with Crippen LogP contribution in [0, 0.1) is 0 Å². The number of hydrogen-bond donors (Lipinski definition) is 0. The normalized spacial score (nSPS) is 14.4. The molecule has 1 aliphatic heterocycles. The van der Waals surface area contributed by atoms with Crippen molar-refractivity contribution in [1.29, 1.82) is 0 Å². The summed E-state index contributed by atoms with van der Waals surface area (Å²) in [7, 11) is 0. The minimum absolute atomic E-state index is 0.00420. The van der Waals surface area contributed by atoms with E-state index in [0.29, 0.717) is 6.67 Å². The third-order valence-electron chi connectivity index (χ3n) is 13.7. The summed E-state index contributed by atoms with van der Waals surface area (Å²) in [5, 5.41) is 2.45. The first kappa shape index (κ1) is 46.7. The molecule has 8 rings (SSSR count). The summed E-state index contributed by atoms with van der Waals surface area (Å²) in [5.74, 6) is 2.52. The van der Waals surface area contributed by atoms with Gasteiger partial charge in [-0.25, -0.2) is 4.98 Å². The van der Waals surface area contributed by atoms with Gasteiger partial charge >= 0.3 is 0 Å². The highest BCUT2D eigenvalue weighted by atomic mass is 16.5. The second-order valence-corrected chi connectivity index (χ2v) is 24.5. The Morgan fingerprint density at radius 1 is 0.470 bits per heavy atom. The van der Waals surface area contributed by atoms with Crippen LogP contribution in [0.4, 0.5) is 11.4 Å². The molecule has 0 unspecified atom stereocenters. The molecule has 5 nitrogen and oxygen atoms in total. The van der Waals surface area contributed by atoms with Crippen LogP contribution in [-0.2, 0) is 32.5 Å². The van der Waals surface area contributed by atoms with Crippen molar-refractivity contribution in [3.05, 3.63) is 167 Å². The lowest BCUT2D eigenvalue weighted by Gasteiger charge is -2.35. The lowest BCUT2D eigenvalue weighted by atomic mass is 9.80. The molecule has 0 atom stereocenters. The predicted octanol–water partition coefficient (Wildman–Crippen LogP) is 16.6. The standard InChI is InChI=1S/C61H74N4O/c1-56(2,3)41-27-28-62-54(34-41)65-51-26-22-21-25-49(51)55-50(60(13,14)15)36-48(37-52(55)65)66-47-33-44(59(10,11)12)32-46(35-47)64-39-63(38-53(64)61(16,17)40-23-19-18-20-24-40)45-30-42(57(4,5)6)29-43(31-45)58(7,8)9/h18-38H,39H2,1-17H3. The third kappa shape index (κ3) is 9.03. The Labute approximate surface area is 396 Å². The van der Waals surface area contributed by atoms with E-state index in [1.54, 1.807) is 0 Å². The summed E-state index contributed by atoms with van der Waals surface area (Å²) >= 11 is 0. The number of rotatable bonds is 7. The molecule has 0 aliphatic carbocycles. The molecule has 5 aromatic carbocycles. The van der Waals surface area contributed by atoms with Gasteiger partial charge in [0.25, 0.3) is 0 Å². The fraction of sp³-hybridized carbons (Fsp3) is 0.393. The molecule has 0 bridgehead atoms. The largest absolute Gasteiger partial charge is 0.457 e. The number of allylic oxidation sites excluding steroid dienone is 1. The molecule has 0 amide bonds. The molecule has 0 fully saturated rings. The molecule has 0 saturated carbocycles. The molecule has 1 aliphatic rings. The van der Waals surface area contributed by atoms with Crippen LogP contribution < -0.4 is 14.5 Å². The van der Waals surface area contributed by atoms with E-state index in [0.717, 1.165) is 34.0 Å². The molecule has 2 aromatic heterocycles. The lowest BCUT2D eigenvalue weighted by molar-refractivity contribution is 0.475. The maximum absolute atomic E-state index is 7.25. The topological polar surface area (TPSA) is 33.5 Å². The number of hydrogen-bond acceptors (Lipinski definition) is 4. The molecule has 66 heavy (non-hydrogen) atoms. The van der Waals surface area contributed by atoms with Crippen molar-refractivity contribution in [2.45, 2.75) is 150 Å². The van der Waals surface area contributed by atoms with Crippen molar-refractivity contribution >= 4 is 33.2 Å². The van der Waals surface area contributed by atoms with E-state index in [4.69, 9.17) is 9.72 Å². The third-order valence-corrected chi connectivity index (χ3v) is 13.7. The van der Waals surface area contributed by atoms with E-state index < -0.39 is 0 Å². The van der Waals surface area contributed by atoms with E-state index in [1.165, 1.54) is 55.5 Å². The smallest absolute Gasteiger partial charge is 0.137 e.